The molecule has 2 nitrogen and oxygen atoms in total. The Labute approximate surface area is 206 Å². The monoisotopic (exact) mass is 544 g/mol. The van der Waals surface area contributed by atoms with Crippen molar-refractivity contribution in [1.29, 1.82) is 0 Å². The van der Waals surface area contributed by atoms with Crippen LogP contribution in [0, 0.1) is 0 Å². The van der Waals surface area contributed by atoms with Gasteiger partial charge in [-0.2, -0.15) is 0 Å². The van der Waals surface area contributed by atoms with Crippen molar-refractivity contribution >= 4 is 51.5 Å². The Morgan fingerprint density at radius 1 is 0.844 bits per heavy atom. The van der Waals surface area contributed by atoms with E-state index in [1.165, 1.54) is 38.3 Å². The standard InChI is InChI=1S/C28H21IN2S/c29-27-17-24(20-10-6-9-19(15-20)18-7-2-1-3-8-18)30-28(31-27)21-13-14-23-22-11-4-5-12-25(22)32-26(23)16-21/h1-15,17,26-27H,16H2,(H,30,31). The van der Waals surface area contributed by atoms with Gasteiger partial charge in [-0.15, -0.1) is 11.8 Å². The number of rotatable bonds is 3. The molecular weight excluding hydrogens is 523 g/mol. The number of hydrogen-bond acceptors (Lipinski definition) is 3. The summed E-state index contributed by atoms with van der Waals surface area (Å²) < 4.78 is 0.110. The maximum Gasteiger partial charge on any atom is 0.130 e. The van der Waals surface area contributed by atoms with E-state index in [-0.39, 0.29) is 4.05 Å². The molecule has 3 aromatic rings. The first kappa shape index (κ1) is 20.1. The highest BCUT2D eigenvalue weighted by Crippen LogP contribution is 2.48. The molecule has 0 fully saturated rings. The first-order valence-corrected chi connectivity index (χ1v) is 12.9. The predicted molar refractivity (Wildman–Crippen MR) is 145 cm³/mol. The zero-order valence-electron chi connectivity index (χ0n) is 17.3. The number of nitrogens with zero attached hydrogens (tertiary/aromatic N) is 1. The first-order valence-electron chi connectivity index (χ1n) is 10.8. The van der Waals surface area contributed by atoms with Crippen LogP contribution in [-0.2, 0) is 0 Å². The van der Waals surface area contributed by atoms with Crippen molar-refractivity contribution in [2.75, 3.05) is 0 Å². The number of benzene rings is 3. The number of alkyl halides is 1. The van der Waals surface area contributed by atoms with Crippen LogP contribution in [0.5, 0.6) is 0 Å². The molecule has 0 saturated heterocycles. The van der Waals surface area contributed by atoms with Crippen LogP contribution >= 0.6 is 34.4 Å². The summed E-state index contributed by atoms with van der Waals surface area (Å²) in [5.41, 5.74) is 8.90. The van der Waals surface area contributed by atoms with Gasteiger partial charge in [-0.1, -0.05) is 101 Å². The molecule has 0 amide bonds. The average Bonchev–Trinajstić information content (AvgIpc) is 3.22. The van der Waals surface area contributed by atoms with Gasteiger partial charge in [-0.25, -0.2) is 4.99 Å². The third-order valence-electron chi connectivity index (χ3n) is 6.08. The van der Waals surface area contributed by atoms with Gasteiger partial charge in [-0.3, -0.25) is 0 Å². The fourth-order valence-electron chi connectivity index (χ4n) is 4.51. The molecule has 0 aromatic heterocycles. The van der Waals surface area contributed by atoms with E-state index >= 15 is 0 Å². The largest absolute Gasteiger partial charge is 0.340 e. The van der Waals surface area contributed by atoms with Crippen LogP contribution in [0.2, 0.25) is 0 Å². The second-order valence-electron chi connectivity index (χ2n) is 8.12. The van der Waals surface area contributed by atoms with Gasteiger partial charge in [0.15, 0.2) is 0 Å². The van der Waals surface area contributed by atoms with Gasteiger partial charge >= 0.3 is 0 Å². The second-order valence-corrected chi connectivity index (χ2v) is 10.6. The average molecular weight is 544 g/mol. The predicted octanol–water partition coefficient (Wildman–Crippen LogP) is 7.35. The number of nitrogens with one attached hydrogen (secondary N) is 1. The molecular formula is C28H21IN2S. The lowest BCUT2D eigenvalue weighted by Crippen LogP contribution is -2.30. The third-order valence-corrected chi connectivity index (χ3v) is 8.03. The van der Waals surface area contributed by atoms with Crippen molar-refractivity contribution in [3.63, 3.8) is 0 Å². The highest BCUT2D eigenvalue weighted by atomic mass is 127. The maximum absolute atomic E-state index is 4.93. The first-order chi connectivity index (χ1) is 15.7. The Bertz CT molecular complexity index is 1320. The van der Waals surface area contributed by atoms with Crippen LogP contribution in [0.25, 0.3) is 22.4 Å². The highest BCUT2D eigenvalue weighted by Gasteiger charge is 2.31. The summed E-state index contributed by atoms with van der Waals surface area (Å²) in [5, 5.41) is 4.12. The van der Waals surface area contributed by atoms with Crippen LogP contribution < -0.4 is 5.32 Å². The van der Waals surface area contributed by atoms with Gasteiger partial charge in [0.05, 0.1) is 0 Å². The Hall–Kier alpha value is -2.57. The molecule has 0 bridgehead atoms. The third kappa shape index (κ3) is 3.76. The number of allylic oxidation sites excluding steroid dienone is 2. The number of fused-ring (bicyclic) bond motifs is 3. The lowest BCUT2D eigenvalue weighted by Gasteiger charge is -2.25. The number of halogens is 1. The topological polar surface area (TPSA) is 24.4 Å². The van der Waals surface area contributed by atoms with Crippen LogP contribution in [-0.4, -0.2) is 15.1 Å². The van der Waals surface area contributed by atoms with Gasteiger partial charge in [-0.05, 0) is 58.0 Å². The number of aliphatic imine (C=N–C) groups is 1. The minimum absolute atomic E-state index is 0.110. The van der Waals surface area contributed by atoms with E-state index in [1.807, 2.05) is 11.8 Å². The summed E-state index contributed by atoms with van der Waals surface area (Å²) in [7, 11) is 0. The highest BCUT2D eigenvalue weighted by molar-refractivity contribution is 14.1. The lowest BCUT2D eigenvalue weighted by molar-refractivity contribution is 1.01. The molecule has 156 valence electrons. The molecule has 2 atom stereocenters. The van der Waals surface area contributed by atoms with E-state index in [1.54, 1.807) is 0 Å². The van der Waals surface area contributed by atoms with Crippen molar-refractivity contribution in [3.05, 3.63) is 114 Å². The maximum atomic E-state index is 4.93. The second kappa shape index (κ2) is 8.41. The van der Waals surface area contributed by atoms with Gasteiger partial charge in [0.2, 0.25) is 0 Å². The molecule has 0 radical (unpaired) electrons. The van der Waals surface area contributed by atoms with Gasteiger partial charge in [0.1, 0.15) is 9.88 Å². The zero-order chi connectivity index (χ0) is 21.5. The summed E-state index contributed by atoms with van der Waals surface area (Å²) in [6.45, 7) is 0. The van der Waals surface area contributed by atoms with Crippen molar-refractivity contribution in [1.82, 2.24) is 5.32 Å². The Kier molecular flexibility index (Phi) is 5.27. The fourth-order valence-corrected chi connectivity index (χ4v) is 6.52. The summed E-state index contributed by atoms with van der Waals surface area (Å²) in [4.78, 5) is 6.33. The molecule has 2 heterocycles. The normalized spacial score (nSPS) is 21.4. The summed E-state index contributed by atoms with van der Waals surface area (Å²) in [5.74, 6) is 0.999. The van der Waals surface area contributed by atoms with E-state index in [0.717, 1.165) is 18.0 Å². The Morgan fingerprint density at radius 2 is 1.62 bits per heavy atom. The van der Waals surface area contributed by atoms with Crippen LogP contribution in [0.4, 0.5) is 0 Å². The van der Waals surface area contributed by atoms with Crippen molar-refractivity contribution < 1.29 is 0 Å². The zero-order valence-corrected chi connectivity index (χ0v) is 20.3. The van der Waals surface area contributed by atoms with E-state index in [4.69, 9.17) is 4.99 Å². The summed E-state index contributed by atoms with van der Waals surface area (Å²) >= 11 is 4.39. The molecule has 3 aliphatic rings. The fraction of sp³-hybridized carbons (Fsp3) is 0.107. The van der Waals surface area contributed by atoms with E-state index in [9.17, 15) is 0 Å². The molecule has 0 spiro atoms. The van der Waals surface area contributed by atoms with Crippen LogP contribution in [0.3, 0.4) is 0 Å². The molecule has 2 aliphatic heterocycles. The molecule has 2 unspecified atom stereocenters. The summed E-state index contributed by atoms with van der Waals surface area (Å²) in [6, 6.07) is 28.0. The molecule has 32 heavy (non-hydrogen) atoms. The van der Waals surface area contributed by atoms with Crippen LogP contribution in [0.15, 0.2) is 113 Å². The molecule has 0 saturated carbocycles. The van der Waals surface area contributed by atoms with Crippen LogP contribution in [0.1, 0.15) is 17.5 Å². The minimum Gasteiger partial charge on any atom is -0.340 e. The number of amidine groups is 1. The summed E-state index contributed by atoms with van der Waals surface area (Å²) in [6.07, 6.45) is 7.76. The molecule has 6 rings (SSSR count). The van der Waals surface area contributed by atoms with E-state index in [0.29, 0.717) is 5.25 Å². The van der Waals surface area contributed by atoms with Gasteiger partial charge in [0, 0.05) is 15.8 Å². The van der Waals surface area contributed by atoms with Crippen molar-refractivity contribution in [2.45, 2.75) is 20.6 Å². The Morgan fingerprint density at radius 3 is 2.53 bits per heavy atom. The molecule has 4 heteroatoms. The quantitative estimate of drug-likeness (QED) is 0.212. The smallest absolute Gasteiger partial charge is 0.130 e. The number of hydrogen-bond donors (Lipinski definition) is 1. The SMILES string of the molecule is IC1C=C(c2cccc(-c3ccccc3)c2)NC(C2=CC=C3c4ccccc4SC3C2)=N1. The molecule has 1 N–H and O–H groups in total. The van der Waals surface area contributed by atoms with E-state index in [2.05, 4.69) is 125 Å². The molecule has 3 aromatic carbocycles. The Balaban J connectivity index is 1.28. The minimum atomic E-state index is 0.110. The van der Waals surface area contributed by atoms with E-state index < -0.39 is 0 Å². The molecule has 1 aliphatic carbocycles. The number of thioether (sulfide) groups is 1. The lowest BCUT2D eigenvalue weighted by atomic mass is 9.92. The van der Waals surface area contributed by atoms with Gasteiger partial charge in [0.25, 0.3) is 0 Å². The van der Waals surface area contributed by atoms with Crippen molar-refractivity contribution in [3.8, 4) is 11.1 Å². The van der Waals surface area contributed by atoms with Crippen molar-refractivity contribution in [2.24, 2.45) is 4.99 Å². The van der Waals surface area contributed by atoms with Gasteiger partial charge < -0.3 is 5.32 Å².